The predicted molar refractivity (Wildman–Crippen MR) is 107 cm³/mol. The molecule has 0 fully saturated rings. The molecule has 0 atom stereocenters. The number of hydrogen-bond donors (Lipinski definition) is 3. The van der Waals surface area contributed by atoms with Crippen LogP contribution in [0.5, 0.6) is 0 Å². The van der Waals surface area contributed by atoms with Crippen molar-refractivity contribution in [3.05, 3.63) is 94.2 Å². The number of carbonyl (C=O) groups excluding carboxylic acids is 3. The molecule has 0 aliphatic rings. The Bertz CT molecular complexity index is 935. The van der Waals surface area contributed by atoms with E-state index < -0.39 is 30.0 Å². The Morgan fingerprint density at radius 3 is 1.97 bits per heavy atom. The van der Waals surface area contributed by atoms with Gasteiger partial charge in [-0.3, -0.25) is 20.4 Å². The first-order chi connectivity index (χ1) is 14.0. The van der Waals surface area contributed by atoms with E-state index in [-0.39, 0.29) is 0 Å². The number of esters is 1. The number of hydrogen-bond acceptors (Lipinski definition) is 6. The molecule has 3 rings (SSSR count). The summed E-state index contributed by atoms with van der Waals surface area (Å²) in [5.74, 6) is -2.23. The fourth-order valence-electron chi connectivity index (χ4n) is 2.63. The van der Waals surface area contributed by atoms with Crippen molar-refractivity contribution in [2.45, 2.75) is 5.60 Å². The van der Waals surface area contributed by atoms with Crippen LogP contribution in [0, 0.1) is 0 Å². The number of benzene rings is 2. The lowest BCUT2D eigenvalue weighted by atomic mass is 9.86. The summed E-state index contributed by atoms with van der Waals surface area (Å²) in [6, 6.07) is 19.9. The summed E-state index contributed by atoms with van der Waals surface area (Å²) in [6.45, 7) is -0.675. The van der Waals surface area contributed by atoms with E-state index in [1.165, 1.54) is 11.3 Å². The van der Waals surface area contributed by atoms with Crippen molar-refractivity contribution in [3.63, 3.8) is 0 Å². The Labute approximate surface area is 170 Å². The summed E-state index contributed by atoms with van der Waals surface area (Å²) in [7, 11) is 0. The lowest BCUT2D eigenvalue weighted by Crippen LogP contribution is -2.45. The van der Waals surface area contributed by atoms with Crippen molar-refractivity contribution >= 4 is 29.1 Å². The third kappa shape index (κ3) is 4.68. The molecular formula is C21H18N2O5S. The number of ether oxygens (including phenoxy) is 1. The van der Waals surface area contributed by atoms with E-state index in [0.29, 0.717) is 16.0 Å². The molecule has 3 N–H and O–H groups in total. The van der Waals surface area contributed by atoms with Crippen LogP contribution in [0.25, 0.3) is 0 Å². The molecule has 2 amide bonds. The molecule has 0 radical (unpaired) electrons. The molecule has 29 heavy (non-hydrogen) atoms. The molecule has 0 spiro atoms. The maximum atomic E-state index is 12.8. The third-order valence-electron chi connectivity index (χ3n) is 4.07. The van der Waals surface area contributed by atoms with Crippen LogP contribution < -0.4 is 10.9 Å². The summed E-state index contributed by atoms with van der Waals surface area (Å²) in [5, 5.41) is 12.9. The average Bonchev–Trinajstić information content (AvgIpc) is 3.31. The lowest BCUT2D eigenvalue weighted by Gasteiger charge is -2.26. The Kier molecular flexibility index (Phi) is 6.38. The zero-order valence-electron chi connectivity index (χ0n) is 15.2. The van der Waals surface area contributed by atoms with Crippen molar-refractivity contribution in [2.24, 2.45) is 0 Å². The van der Waals surface area contributed by atoms with Gasteiger partial charge in [-0.05, 0) is 22.6 Å². The molecule has 0 aliphatic heterocycles. The molecule has 1 heterocycles. The van der Waals surface area contributed by atoms with E-state index in [9.17, 15) is 19.5 Å². The van der Waals surface area contributed by atoms with Gasteiger partial charge in [0.2, 0.25) is 5.60 Å². The van der Waals surface area contributed by atoms with Gasteiger partial charge in [0, 0.05) is 0 Å². The summed E-state index contributed by atoms with van der Waals surface area (Å²) in [4.78, 5) is 36.9. The maximum absolute atomic E-state index is 12.8. The molecule has 0 saturated carbocycles. The van der Waals surface area contributed by atoms with E-state index >= 15 is 0 Å². The minimum Gasteiger partial charge on any atom is -0.453 e. The van der Waals surface area contributed by atoms with Crippen LogP contribution in [-0.4, -0.2) is 29.5 Å². The number of amides is 2. The van der Waals surface area contributed by atoms with Crippen LogP contribution in [0.15, 0.2) is 78.2 Å². The second-order valence-corrected chi connectivity index (χ2v) is 6.95. The van der Waals surface area contributed by atoms with E-state index in [0.717, 1.165) is 0 Å². The second-order valence-electron chi connectivity index (χ2n) is 6.00. The molecule has 0 saturated heterocycles. The molecule has 8 heteroatoms. The van der Waals surface area contributed by atoms with Gasteiger partial charge in [-0.25, -0.2) is 4.79 Å². The Morgan fingerprint density at radius 1 is 0.862 bits per heavy atom. The first-order valence-corrected chi connectivity index (χ1v) is 9.53. The number of rotatable bonds is 6. The van der Waals surface area contributed by atoms with Gasteiger partial charge < -0.3 is 9.84 Å². The topological polar surface area (TPSA) is 105 Å². The molecule has 0 unspecified atom stereocenters. The lowest BCUT2D eigenvalue weighted by molar-refractivity contribution is -0.164. The Morgan fingerprint density at radius 2 is 1.45 bits per heavy atom. The highest BCUT2D eigenvalue weighted by molar-refractivity contribution is 7.12. The maximum Gasteiger partial charge on any atom is 0.348 e. The van der Waals surface area contributed by atoms with Crippen LogP contribution in [-0.2, 0) is 19.9 Å². The fraction of sp³-hybridized carbons (Fsp3) is 0.0952. The second kappa shape index (κ2) is 9.13. The minimum atomic E-state index is -2.08. The minimum absolute atomic E-state index is 0.308. The van der Waals surface area contributed by atoms with Crippen LogP contribution in [0.4, 0.5) is 0 Å². The normalized spacial score (nSPS) is 10.8. The quantitative estimate of drug-likeness (QED) is 0.426. The standard InChI is InChI=1S/C21H18N2O5S/c24-18(22-23-19(25)17-12-7-13-29-17)14-28-20(26)21(27,15-8-3-1-4-9-15)16-10-5-2-6-11-16/h1-13,27H,14H2,(H,22,24)(H,23,25). The summed E-state index contributed by atoms with van der Waals surface area (Å²) in [6.07, 6.45) is 0. The van der Waals surface area contributed by atoms with Gasteiger partial charge in [0.05, 0.1) is 4.88 Å². The largest absolute Gasteiger partial charge is 0.453 e. The van der Waals surface area contributed by atoms with E-state index in [2.05, 4.69) is 10.9 Å². The number of hydrazine groups is 1. The summed E-state index contributed by atoms with van der Waals surface area (Å²) in [5.41, 5.74) is 2.93. The van der Waals surface area contributed by atoms with Crippen LogP contribution in [0.2, 0.25) is 0 Å². The van der Waals surface area contributed by atoms with Gasteiger partial charge in [0.25, 0.3) is 11.8 Å². The van der Waals surface area contributed by atoms with Crippen molar-refractivity contribution in [2.75, 3.05) is 6.61 Å². The molecule has 7 nitrogen and oxygen atoms in total. The fourth-order valence-corrected chi connectivity index (χ4v) is 3.25. The highest BCUT2D eigenvalue weighted by Crippen LogP contribution is 2.30. The third-order valence-corrected chi connectivity index (χ3v) is 4.94. The van der Waals surface area contributed by atoms with Gasteiger partial charge >= 0.3 is 5.97 Å². The molecule has 0 aliphatic carbocycles. The first-order valence-electron chi connectivity index (χ1n) is 8.65. The van der Waals surface area contributed by atoms with Crippen molar-refractivity contribution in [1.29, 1.82) is 0 Å². The Hall–Kier alpha value is -3.49. The molecular weight excluding hydrogens is 392 g/mol. The van der Waals surface area contributed by atoms with E-state index in [4.69, 9.17) is 4.74 Å². The average molecular weight is 410 g/mol. The number of thiophene rings is 1. The van der Waals surface area contributed by atoms with Crippen LogP contribution in [0.3, 0.4) is 0 Å². The van der Waals surface area contributed by atoms with Gasteiger partial charge in [-0.15, -0.1) is 11.3 Å². The smallest absolute Gasteiger partial charge is 0.348 e. The molecule has 148 valence electrons. The highest BCUT2D eigenvalue weighted by Gasteiger charge is 2.41. The van der Waals surface area contributed by atoms with E-state index in [1.54, 1.807) is 78.2 Å². The number of nitrogens with one attached hydrogen (secondary N) is 2. The van der Waals surface area contributed by atoms with Crippen molar-refractivity contribution in [3.8, 4) is 0 Å². The molecule has 0 bridgehead atoms. The highest BCUT2D eigenvalue weighted by atomic mass is 32.1. The summed E-state index contributed by atoms with van der Waals surface area (Å²) >= 11 is 1.22. The number of aliphatic hydroxyl groups is 1. The monoisotopic (exact) mass is 410 g/mol. The first kappa shape index (κ1) is 20.2. The van der Waals surface area contributed by atoms with Crippen molar-refractivity contribution < 1.29 is 24.2 Å². The molecule has 2 aromatic carbocycles. The SMILES string of the molecule is O=C(COC(=O)C(O)(c1ccccc1)c1ccccc1)NNC(=O)c1cccs1. The van der Waals surface area contributed by atoms with E-state index in [1.807, 2.05) is 0 Å². The number of carbonyl (C=O) groups is 3. The zero-order chi connectivity index (χ0) is 20.7. The Balaban J connectivity index is 1.66. The summed E-state index contributed by atoms with van der Waals surface area (Å²) < 4.78 is 5.05. The zero-order valence-corrected chi connectivity index (χ0v) is 16.0. The van der Waals surface area contributed by atoms with Crippen molar-refractivity contribution in [1.82, 2.24) is 10.9 Å². The molecule has 3 aromatic rings. The van der Waals surface area contributed by atoms with Crippen LogP contribution in [0.1, 0.15) is 20.8 Å². The van der Waals surface area contributed by atoms with Crippen LogP contribution >= 0.6 is 11.3 Å². The van der Waals surface area contributed by atoms with Gasteiger partial charge in [0.15, 0.2) is 6.61 Å². The van der Waals surface area contributed by atoms with Gasteiger partial charge in [0.1, 0.15) is 0 Å². The predicted octanol–water partition coefficient (Wildman–Crippen LogP) is 1.99. The van der Waals surface area contributed by atoms with Gasteiger partial charge in [-0.2, -0.15) is 0 Å². The van der Waals surface area contributed by atoms with Gasteiger partial charge in [-0.1, -0.05) is 66.7 Å². The molecule has 1 aromatic heterocycles.